The van der Waals surface area contributed by atoms with Crippen molar-refractivity contribution in [2.24, 2.45) is 11.1 Å². The minimum atomic E-state index is -4.58. The molecule has 0 spiro atoms. The minimum Gasteiger partial charge on any atom is -0.330 e. The third-order valence-electron chi connectivity index (χ3n) is 3.34. The Morgan fingerprint density at radius 3 is 2.23 bits per heavy atom. The second-order valence-corrected chi connectivity index (χ2v) is 8.11. The highest BCUT2D eigenvalue weighted by Crippen LogP contribution is 2.33. The van der Waals surface area contributed by atoms with Crippen molar-refractivity contribution in [2.45, 2.75) is 25.8 Å². The molecule has 2 N–H and O–H groups in total. The fourth-order valence-electron chi connectivity index (χ4n) is 2.00. The molecule has 0 fully saturated rings. The highest BCUT2D eigenvalue weighted by molar-refractivity contribution is 7.88. The zero-order chi connectivity index (χ0) is 17.2. The van der Waals surface area contributed by atoms with Crippen molar-refractivity contribution in [1.82, 2.24) is 4.31 Å². The van der Waals surface area contributed by atoms with E-state index < -0.39 is 32.9 Å². The molecule has 0 aliphatic carbocycles. The first-order chi connectivity index (χ1) is 9.89. The van der Waals surface area contributed by atoms with Crippen molar-refractivity contribution in [3.05, 3.63) is 35.4 Å². The lowest BCUT2D eigenvalue weighted by Crippen LogP contribution is -2.40. The Kier molecular flexibility index (Phi) is 5.64. The third kappa shape index (κ3) is 4.96. The quantitative estimate of drug-likeness (QED) is 0.866. The van der Waals surface area contributed by atoms with Crippen molar-refractivity contribution in [3.63, 3.8) is 0 Å². The highest BCUT2D eigenvalue weighted by atomic mass is 32.2. The second-order valence-electron chi connectivity index (χ2n) is 6.04. The van der Waals surface area contributed by atoms with Gasteiger partial charge in [0, 0.05) is 13.6 Å². The highest BCUT2D eigenvalue weighted by Gasteiger charge is 2.35. The zero-order valence-corrected chi connectivity index (χ0v) is 13.6. The number of sulfonamides is 1. The Hall–Kier alpha value is -1.12. The Labute approximate surface area is 129 Å². The first kappa shape index (κ1) is 18.9. The first-order valence-corrected chi connectivity index (χ1v) is 8.29. The summed E-state index contributed by atoms with van der Waals surface area (Å²) in [4.78, 5) is 0. The van der Waals surface area contributed by atoms with E-state index in [2.05, 4.69) is 0 Å². The zero-order valence-electron chi connectivity index (χ0n) is 12.8. The van der Waals surface area contributed by atoms with E-state index in [4.69, 9.17) is 5.73 Å². The Morgan fingerprint density at radius 1 is 1.18 bits per heavy atom. The molecule has 1 aromatic carbocycles. The van der Waals surface area contributed by atoms with Gasteiger partial charge in [0.2, 0.25) is 10.0 Å². The summed E-state index contributed by atoms with van der Waals surface area (Å²) in [5.41, 5.74) is 3.93. The predicted molar refractivity (Wildman–Crippen MR) is 79.5 cm³/mol. The number of hydrogen-bond acceptors (Lipinski definition) is 3. The standard InChI is InChI=1S/C14H21F3N2O2S/c1-13(2,9-18)10-19(3)22(20,21)8-11-6-4-5-7-12(11)14(15,16)17/h4-7H,8-10,18H2,1-3H3. The molecule has 0 heterocycles. The summed E-state index contributed by atoms with van der Waals surface area (Å²) >= 11 is 0. The maximum Gasteiger partial charge on any atom is 0.416 e. The van der Waals surface area contributed by atoms with Crippen LogP contribution in [0.3, 0.4) is 0 Å². The van der Waals surface area contributed by atoms with Gasteiger partial charge in [-0.05, 0) is 23.6 Å². The van der Waals surface area contributed by atoms with Crippen LogP contribution in [-0.2, 0) is 22.0 Å². The first-order valence-electron chi connectivity index (χ1n) is 6.68. The molecule has 22 heavy (non-hydrogen) atoms. The monoisotopic (exact) mass is 338 g/mol. The fraction of sp³-hybridized carbons (Fsp3) is 0.571. The van der Waals surface area contributed by atoms with Crippen LogP contribution in [0.25, 0.3) is 0 Å². The summed E-state index contributed by atoms with van der Waals surface area (Å²) < 4.78 is 64.4. The molecule has 8 heteroatoms. The number of halogens is 3. The molecule has 0 atom stereocenters. The van der Waals surface area contributed by atoms with Crippen molar-refractivity contribution in [2.75, 3.05) is 20.1 Å². The Balaban J connectivity index is 3.04. The van der Waals surface area contributed by atoms with E-state index in [-0.39, 0.29) is 18.7 Å². The van der Waals surface area contributed by atoms with Crippen LogP contribution in [-0.4, -0.2) is 32.9 Å². The van der Waals surface area contributed by atoms with Crippen LogP contribution in [0, 0.1) is 5.41 Å². The maximum atomic E-state index is 12.9. The summed E-state index contributed by atoms with van der Waals surface area (Å²) in [6.45, 7) is 4.00. The number of hydrogen-bond donors (Lipinski definition) is 1. The number of benzene rings is 1. The van der Waals surface area contributed by atoms with E-state index in [0.717, 1.165) is 10.4 Å². The van der Waals surface area contributed by atoms with E-state index in [1.807, 2.05) is 0 Å². The topological polar surface area (TPSA) is 63.4 Å². The lowest BCUT2D eigenvalue weighted by atomic mass is 9.94. The summed E-state index contributed by atoms with van der Waals surface area (Å²) in [6, 6.07) is 4.70. The van der Waals surface area contributed by atoms with E-state index >= 15 is 0 Å². The molecule has 1 aromatic rings. The van der Waals surface area contributed by atoms with Gasteiger partial charge in [-0.2, -0.15) is 13.2 Å². The number of alkyl halides is 3. The van der Waals surface area contributed by atoms with Gasteiger partial charge < -0.3 is 5.73 Å². The minimum absolute atomic E-state index is 0.139. The molecule has 0 saturated heterocycles. The lowest BCUT2D eigenvalue weighted by Gasteiger charge is -2.28. The van der Waals surface area contributed by atoms with Crippen LogP contribution in [0.1, 0.15) is 25.0 Å². The van der Waals surface area contributed by atoms with Gasteiger partial charge in [0.05, 0.1) is 11.3 Å². The van der Waals surface area contributed by atoms with Gasteiger partial charge in [0.1, 0.15) is 0 Å². The molecule has 4 nitrogen and oxygen atoms in total. The van der Waals surface area contributed by atoms with Gasteiger partial charge in [-0.1, -0.05) is 32.0 Å². The van der Waals surface area contributed by atoms with Crippen LogP contribution < -0.4 is 5.73 Å². The van der Waals surface area contributed by atoms with Crippen molar-refractivity contribution in [3.8, 4) is 0 Å². The van der Waals surface area contributed by atoms with Crippen LogP contribution in [0.15, 0.2) is 24.3 Å². The summed E-state index contributed by atoms with van der Waals surface area (Å²) in [6.07, 6.45) is -4.58. The second kappa shape index (κ2) is 6.55. The average Bonchev–Trinajstić information content (AvgIpc) is 2.37. The van der Waals surface area contributed by atoms with Gasteiger partial charge in [-0.15, -0.1) is 0 Å². The molecule has 126 valence electrons. The van der Waals surface area contributed by atoms with Crippen molar-refractivity contribution < 1.29 is 21.6 Å². The lowest BCUT2D eigenvalue weighted by molar-refractivity contribution is -0.138. The summed E-state index contributed by atoms with van der Waals surface area (Å²) in [7, 11) is -2.51. The number of nitrogens with zero attached hydrogens (tertiary/aromatic N) is 1. The smallest absolute Gasteiger partial charge is 0.330 e. The van der Waals surface area contributed by atoms with Gasteiger partial charge in [0.15, 0.2) is 0 Å². The van der Waals surface area contributed by atoms with Crippen LogP contribution in [0.4, 0.5) is 13.2 Å². The van der Waals surface area contributed by atoms with Gasteiger partial charge >= 0.3 is 6.18 Å². The van der Waals surface area contributed by atoms with E-state index in [9.17, 15) is 21.6 Å². The van der Waals surface area contributed by atoms with Crippen molar-refractivity contribution in [1.29, 1.82) is 0 Å². The largest absolute Gasteiger partial charge is 0.416 e. The summed E-state index contributed by atoms with van der Waals surface area (Å²) in [5, 5.41) is 0. The average molecular weight is 338 g/mol. The van der Waals surface area contributed by atoms with E-state index in [0.29, 0.717) is 0 Å². The Morgan fingerprint density at radius 2 is 1.73 bits per heavy atom. The fourth-order valence-corrected chi connectivity index (χ4v) is 3.41. The molecular weight excluding hydrogens is 317 g/mol. The van der Waals surface area contributed by atoms with Crippen LogP contribution in [0.5, 0.6) is 0 Å². The predicted octanol–water partition coefficient (Wildman–Crippen LogP) is 2.45. The molecule has 0 radical (unpaired) electrons. The SMILES string of the molecule is CN(CC(C)(C)CN)S(=O)(=O)Cc1ccccc1C(F)(F)F. The molecule has 0 saturated carbocycles. The Bertz CT molecular complexity index is 613. The normalized spacial score (nSPS) is 13.6. The van der Waals surface area contributed by atoms with Gasteiger partial charge in [0.25, 0.3) is 0 Å². The molecular formula is C14H21F3N2O2S. The molecule has 0 aliphatic rings. The molecule has 1 rings (SSSR count). The number of nitrogens with two attached hydrogens (primary N) is 1. The molecule has 0 aromatic heterocycles. The van der Waals surface area contributed by atoms with Crippen LogP contribution >= 0.6 is 0 Å². The van der Waals surface area contributed by atoms with Crippen LogP contribution in [0.2, 0.25) is 0 Å². The van der Waals surface area contributed by atoms with Gasteiger partial charge in [-0.3, -0.25) is 0 Å². The third-order valence-corrected chi connectivity index (χ3v) is 5.09. The van der Waals surface area contributed by atoms with Crippen molar-refractivity contribution >= 4 is 10.0 Å². The molecule has 0 amide bonds. The summed E-state index contributed by atoms with van der Waals surface area (Å²) in [5.74, 6) is -0.695. The van der Waals surface area contributed by atoms with E-state index in [1.165, 1.54) is 25.2 Å². The molecule has 0 aliphatic heterocycles. The van der Waals surface area contributed by atoms with Gasteiger partial charge in [-0.25, -0.2) is 12.7 Å². The molecule has 0 unspecified atom stereocenters. The van der Waals surface area contributed by atoms with E-state index in [1.54, 1.807) is 13.8 Å². The maximum absolute atomic E-state index is 12.9. The molecule has 0 bridgehead atoms. The number of rotatable bonds is 6.